The zero-order valence-electron chi connectivity index (χ0n) is 11.7. The van der Waals surface area contributed by atoms with E-state index in [4.69, 9.17) is 14.6 Å². The minimum Gasteiger partial charge on any atom is -0.478 e. The van der Waals surface area contributed by atoms with Crippen molar-refractivity contribution in [2.24, 2.45) is 0 Å². The summed E-state index contributed by atoms with van der Waals surface area (Å²) in [5.74, 6) is -1.90. The molecule has 21 heavy (non-hydrogen) atoms. The fourth-order valence-corrected chi connectivity index (χ4v) is 3.06. The van der Waals surface area contributed by atoms with E-state index < -0.39 is 21.8 Å². The zero-order chi connectivity index (χ0) is 15.7. The lowest BCUT2D eigenvalue weighted by Crippen LogP contribution is -2.34. The molecule has 2 rings (SSSR count). The number of benzene rings is 1. The summed E-state index contributed by atoms with van der Waals surface area (Å²) >= 11 is 0. The van der Waals surface area contributed by atoms with Gasteiger partial charge in [-0.3, -0.25) is 0 Å². The molecule has 2 N–H and O–H groups in total. The molecule has 0 saturated carbocycles. The monoisotopic (exact) mass is 315 g/mol. The van der Waals surface area contributed by atoms with Crippen LogP contribution in [0.25, 0.3) is 0 Å². The first-order valence-corrected chi connectivity index (χ1v) is 7.83. The Kier molecular flexibility index (Phi) is 4.33. The maximum atomic E-state index is 12.1. The molecule has 0 radical (unpaired) electrons. The van der Waals surface area contributed by atoms with Gasteiger partial charge in [0.05, 0.1) is 23.2 Å². The lowest BCUT2D eigenvalue weighted by Gasteiger charge is -2.17. The van der Waals surface area contributed by atoms with Crippen LogP contribution in [0.2, 0.25) is 0 Å². The molecule has 8 heteroatoms. The minimum atomic E-state index is -3.79. The topological polar surface area (TPSA) is 102 Å². The fraction of sp³-hybridized carbons (Fsp3) is 0.462. The van der Waals surface area contributed by atoms with E-state index in [1.165, 1.54) is 18.2 Å². The van der Waals surface area contributed by atoms with Crippen molar-refractivity contribution in [1.82, 2.24) is 4.72 Å². The maximum absolute atomic E-state index is 12.1. The van der Waals surface area contributed by atoms with Crippen LogP contribution in [0, 0.1) is 0 Å². The largest absolute Gasteiger partial charge is 0.478 e. The van der Waals surface area contributed by atoms with E-state index in [1.807, 2.05) is 0 Å². The van der Waals surface area contributed by atoms with Gasteiger partial charge in [-0.2, -0.15) is 0 Å². The lowest BCUT2D eigenvalue weighted by molar-refractivity contribution is -0.137. The van der Waals surface area contributed by atoms with Crippen LogP contribution in [-0.4, -0.2) is 44.5 Å². The highest BCUT2D eigenvalue weighted by atomic mass is 32.2. The summed E-state index contributed by atoms with van der Waals surface area (Å²) in [5, 5.41) is 8.88. The molecule has 1 unspecified atom stereocenters. The molecule has 1 fully saturated rings. The van der Waals surface area contributed by atoms with Gasteiger partial charge in [-0.25, -0.2) is 17.9 Å². The third-order valence-corrected chi connectivity index (χ3v) is 4.38. The number of hydrogen-bond acceptors (Lipinski definition) is 5. The molecular formula is C13H17NO6S. The number of aromatic carboxylic acids is 1. The smallest absolute Gasteiger partial charge is 0.335 e. The van der Waals surface area contributed by atoms with Gasteiger partial charge in [0.1, 0.15) is 0 Å². The van der Waals surface area contributed by atoms with Crippen LogP contribution in [0.5, 0.6) is 0 Å². The van der Waals surface area contributed by atoms with Gasteiger partial charge < -0.3 is 14.6 Å². The molecule has 0 bridgehead atoms. The quantitative estimate of drug-likeness (QED) is 0.834. The molecule has 0 aromatic heterocycles. The summed E-state index contributed by atoms with van der Waals surface area (Å²) in [6.07, 6.45) is -0.377. The molecule has 1 aromatic rings. The highest BCUT2D eigenvalue weighted by Crippen LogP contribution is 2.22. The van der Waals surface area contributed by atoms with Crippen LogP contribution in [0.3, 0.4) is 0 Å². The Balaban J connectivity index is 2.05. The van der Waals surface area contributed by atoms with E-state index in [9.17, 15) is 13.2 Å². The number of carbonyl (C=O) groups is 1. The number of sulfonamides is 1. The van der Waals surface area contributed by atoms with Crippen molar-refractivity contribution in [3.63, 3.8) is 0 Å². The Labute approximate surface area is 122 Å². The summed E-state index contributed by atoms with van der Waals surface area (Å²) in [5.41, 5.74) is -0.0838. The molecular weight excluding hydrogens is 298 g/mol. The number of nitrogens with one attached hydrogen (secondary N) is 1. The fourth-order valence-electron chi connectivity index (χ4n) is 1.95. The van der Waals surface area contributed by atoms with Crippen LogP contribution >= 0.6 is 0 Å². The molecule has 116 valence electrons. The first kappa shape index (κ1) is 15.9. The van der Waals surface area contributed by atoms with Gasteiger partial charge in [0, 0.05) is 6.54 Å². The predicted octanol–water partition coefficient (Wildman–Crippen LogP) is 0.815. The van der Waals surface area contributed by atoms with Gasteiger partial charge in [-0.1, -0.05) is 6.07 Å². The van der Waals surface area contributed by atoms with Crippen LogP contribution in [0.4, 0.5) is 0 Å². The molecule has 0 spiro atoms. The van der Waals surface area contributed by atoms with E-state index in [0.717, 1.165) is 6.07 Å². The van der Waals surface area contributed by atoms with Crippen molar-refractivity contribution in [2.45, 2.75) is 30.6 Å². The average molecular weight is 315 g/mol. The van der Waals surface area contributed by atoms with E-state index in [2.05, 4.69) is 4.72 Å². The minimum absolute atomic E-state index is 0.0586. The van der Waals surface area contributed by atoms with Gasteiger partial charge in [0.2, 0.25) is 10.0 Å². The molecule has 1 heterocycles. The Morgan fingerprint density at radius 2 is 2.19 bits per heavy atom. The third-order valence-electron chi connectivity index (χ3n) is 2.96. The Bertz CT molecular complexity index is 640. The van der Waals surface area contributed by atoms with Crippen LogP contribution in [0.15, 0.2) is 29.2 Å². The van der Waals surface area contributed by atoms with E-state index in [-0.39, 0.29) is 23.1 Å². The molecule has 1 saturated heterocycles. The molecule has 1 aromatic carbocycles. The summed E-state index contributed by atoms with van der Waals surface area (Å²) < 4.78 is 37.5. The van der Waals surface area contributed by atoms with E-state index >= 15 is 0 Å². The van der Waals surface area contributed by atoms with Crippen molar-refractivity contribution in [3.05, 3.63) is 29.8 Å². The van der Waals surface area contributed by atoms with Gasteiger partial charge >= 0.3 is 5.97 Å². The second-order valence-electron chi connectivity index (χ2n) is 5.14. The highest BCUT2D eigenvalue weighted by molar-refractivity contribution is 7.89. The van der Waals surface area contributed by atoms with Crippen LogP contribution < -0.4 is 4.72 Å². The van der Waals surface area contributed by atoms with Crippen molar-refractivity contribution < 1.29 is 27.8 Å². The van der Waals surface area contributed by atoms with Gasteiger partial charge in [0.15, 0.2) is 5.79 Å². The Morgan fingerprint density at radius 1 is 1.48 bits per heavy atom. The van der Waals surface area contributed by atoms with Gasteiger partial charge in [-0.05, 0) is 32.0 Å². The first-order valence-electron chi connectivity index (χ1n) is 6.34. The number of carboxylic acid groups (broad SMARTS) is 1. The molecule has 0 amide bonds. The van der Waals surface area contributed by atoms with Crippen LogP contribution in [0.1, 0.15) is 24.2 Å². The third kappa shape index (κ3) is 4.01. The van der Waals surface area contributed by atoms with Crippen LogP contribution in [-0.2, 0) is 19.5 Å². The normalized spacial score (nSPS) is 21.3. The van der Waals surface area contributed by atoms with Crippen molar-refractivity contribution in [3.8, 4) is 0 Å². The molecule has 0 aliphatic carbocycles. The second-order valence-corrected chi connectivity index (χ2v) is 6.90. The van der Waals surface area contributed by atoms with E-state index in [1.54, 1.807) is 13.8 Å². The summed E-state index contributed by atoms with van der Waals surface area (Å²) in [6.45, 7) is 3.85. The van der Waals surface area contributed by atoms with Crippen molar-refractivity contribution in [1.29, 1.82) is 0 Å². The molecule has 1 aliphatic rings. The number of hydrogen-bond donors (Lipinski definition) is 2. The standard InChI is InChI=1S/C13H17NO6S/c1-13(2)19-8-10(20-13)7-14-21(17,18)11-5-3-4-9(6-11)12(15)16/h3-6,10,14H,7-8H2,1-2H3,(H,15,16). The second kappa shape index (κ2) is 5.72. The maximum Gasteiger partial charge on any atom is 0.335 e. The van der Waals surface area contributed by atoms with Gasteiger partial charge in [0.25, 0.3) is 0 Å². The molecule has 1 aliphatic heterocycles. The molecule has 1 atom stereocenters. The van der Waals surface area contributed by atoms with Crippen molar-refractivity contribution in [2.75, 3.05) is 13.2 Å². The summed E-state index contributed by atoms with van der Waals surface area (Å²) in [7, 11) is -3.79. The summed E-state index contributed by atoms with van der Waals surface area (Å²) in [4.78, 5) is 10.8. The highest BCUT2D eigenvalue weighted by Gasteiger charge is 2.33. The number of ether oxygens (including phenoxy) is 2. The molecule has 7 nitrogen and oxygen atoms in total. The first-order chi connectivity index (χ1) is 9.70. The zero-order valence-corrected chi connectivity index (χ0v) is 12.5. The van der Waals surface area contributed by atoms with E-state index in [0.29, 0.717) is 6.61 Å². The predicted molar refractivity (Wildman–Crippen MR) is 73.5 cm³/mol. The number of carboxylic acids is 1. The SMILES string of the molecule is CC1(C)OCC(CNS(=O)(=O)c2cccc(C(=O)O)c2)O1. The van der Waals surface area contributed by atoms with Crippen molar-refractivity contribution >= 4 is 16.0 Å². The number of rotatable bonds is 5. The average Bonchev–Trinajstić information content (AvgIpc) is 2.76. The Hall–Kier alpha value is -1.48. The Morgan fingerprint density at radius 3 is 2.76 bits per heavy atom. The van der Waals surface area contributed by atoms with Gasteiger partial charge in [-0.15, -0.1) is 0 Å². The summed E-state index contributed by atoms with van der Waals surface area (Å²) in [6, 6.07) is 5.17. The lowest BCUT2D eigenvalue weighted by atomic mass is 10.2.